The molecule has 0 saturated heterocycles. The number of aryl methyl sites for hydroxylation is 1. The van der Waals surface area contributed by atoms with E-state index >= 15 is 0 Å². The highest BCUT2D eigenvalue weighted by atomic mass is 35.5. The third-order valence-electron chi connectivity index (χ3n) is 4.94. The number of hydrogen-bond acceptors (Lipinski definition) is 4. The van der Waals surface area contributed by atoms with Crippen molar-refractivity contribution in [1.29, 1.82) is 0 Å². The number of aliphatic hydroxyl groups excluding tert-OH is 1. The van der Waals surface area contributed by atoms with Crippen molar-refractivity contribution in [2.75, 3.05) is 6.61 Å². The molecule has 1 amide bonds. The lowest BCUT2D eigenvalue weighted by atomic mass is 10.1. The summed E-state index contributed by atoms with van der Waals surface area (Å²) in [6.07, 6.45) is 4.39. The van der Waals surface area contributed by atoms with Crippen LogP contribution < -0.4 is 10.9 Å². The average Bonchev–Trinajstić information content (AvgIpc) is 3.13. The van der Waals surface area contributed by atoms with Crippen molar-refractivity contribution in [3.05, 3.63) is 50.9 Å². The number of hydrogen-bond donors (Lipinski definition) is 2. The van der Waals surface area contributed by atoms with Gasteiger partial charge in [0.1, 0.15) is 12.4 Å². The number of aromatic nitrogens is 2. The highest BCUT2D eigenvalue weighted by Gasteiger charge is 2.21. The van der Waals surface area contributed by atoms with Gasteiger partial charge in [0.2, 0.25) is 5.91 Å². The number of nitrogens with one attached hydrogen (secondary N) is 1. The normalized spacial score (nSPS) is 14.5. The Morgan fingerprint density at radius 3 is 2.78 bits per heavy atom. The Morgan fingerprint density at radius 1 is 1.37 bits per heavy atom. The van der Waals surface area contributed by atoms with Crippen LogP contribution in [-0.4, -0.2) is 33.2 Å². The second-order valence-electron chi connectivity index (χ2n) is 6.92. The lowest BCUT2D eigenvalue weighted by Crippen LogP contribution is -2.39. The molecule has 1 aliphatic rings. The molecule has 0 atom stereocenters. The van der Waals surface area contributed by atoms with Crippen molar-refractivity contribution in [3.8, 4) is 11.4 Å². The molecule has 1 aromatic heterocycles. The van der Waals surface area contributed by atoms with Gasteiger partial charge in [-0.3, -0.25) is 14.2 Å². The summed E-state index contributed by atoms with van der Waals surface area (Å²) in [5, 5.41) is 12.8. The van der Waals surface area contributed by atoms with Crippen LogP contribution in [0.2, 0.25) is 5.02 Å². The Morgan fingerprint density at radius 2 is 2.11 bits per heavy atom. The maximum atomic E-state index is 13.0. The number of carbonyl (C=O) groups is 1. The van der Waals surface area contributed by atoms with E-state index in [1.165, 1.54) is 4.57 Å². The first kappa shape index (κ1) is 19.6. The molecule has 6 nitrogen and oxygen atoms in total. The van der Waals surface area contributed by atoms with Gasteiger partial charge in [0, 0.05) is 40.9 Å². The lowest BCUT2D eigenvalue weighted by molar-refractivity contribution is -0.122. The predicted octanol–water partition coefficient (Wildman–Crippen LogP) is 2.47. The first-order valence-electron chi connectivity index (χ1n) is 9.26. The van der Waals surface area contributed by atoms with Gasteiger partial charge in [-0.2, -0.15) is 0 Å². The number of amides is 1. The molecule has 0 spiro atoms. The molecule has 2 aromatic rings. The second kappa shape index (κ2) is 8.67. The third kappa shape index (κ3) is 4.57. The monoisotopic (exact) mass is 389 g/mol. The molecule has 7 heteroatoms. The van der Waals surface area contributed by atoms with Gasteiger partial charge in [0.05, 0.1) is 0 Å². The van der Waals surface area contributed by atoms with E-state index in [-0.39, 0.29) is 37.1 Å². The summed E-state index contributed by atoms with van der Waals surface area (Å²) >= 11 is 6.10. The maximum absolute atomic E-state index is 13.0. The highest BCUT2D eigenvalue weighted by Crippen LogP contribution is 2.22. The van der Waals surface area contributed by atoms with E-state index < -0.39 is 0 Å². The molecule has 1 saturated carbocycles. The molecule has 1 heterocycles. The van der Waals surface area contributed by atoms with Crippen LogP contribution in [-0.2, 0) is 17.8 Å². The summed E-state index contributed by atoms with van der Waals surface area (Å²) in [5.74, 6) is 0.205. The molecule has 1 fully saturated rings. The quantitative estimate of drug-likeness (QED) is 0.794. The van der Waals surface area contributed by atoms with Gasteiger partial charge < -0.3 is 10.4 Å². The van der Waals surface area contributed by atoms with Crippen molar-refractivity contribution >= 4 is 17.5 Å². The fourth-order valence-corrected chi connectivity index (χ4v) is 3.77. The summed E-state index contributed by atoms with van der Waals surface area (Å²) in [5.41, 5.74) is 1.36. The number of aliphatic hydroxyl groups is 1. The van der Waals surface area contributed by atoms with Gasteiger partial charge in [0.25, 0.3) is 5.56 Å². The Balaban J connectivity index is 2.01. The lowest BCUT2D eigenvalue weighted by Gasteiger charge is -2.17. The minimum Gasteiger partial charge on any atom is -0.396 e. The van der Waals surface area contributed by atoms with Crippen molar-refractivity contribution in [2.45, 2.75) is 51.6 Å². The van der Waals surface area contributed by atoms with E-state index in [1.807, 2.05) is 6.07 Å². The average molecular weight is 390 g/mol. The molecule has 0 bridgehead atoms. The van der Waals surface area contributed by atoms with Crippen molar-refractivity contribution < 1.29 is 9.90 Å². The SMILES string of the molecule is Cc1nc(-c2cccc(Cl)c2)n(CC(=O)NC2CCCC2)c(=O)c1CCO. The standard InChI is InChI=1S/C20H24ClN3O3/c1-13-17(9-10-25)20(27)24(12-18(26)23-16-7-2-3-8-16)19(22-13)14-5-4-6-15(21)11-14/h4-6,11,16,25H,2-3,7-10,12H2,1H3,(H,23,26). The minimum atomic E-state index is -0.298. The van der Waals surface area contributed by atoms with Crippen LogP contribution in [0.4, 0.5) is 0 Å². The van der Waals surface area contributed by atoms with Crippen LogP contribution in [0.5, 0.6) is 0 Å². The molecule has 3 rings (SSSR count). The third-order valence-corrected chi connectivity index (χ3v) is 5.17. The zero-order valence-electron chi connectivity index (χ0n) is 15.4. The van der Waals surface area contributed by atoms with Crippen LogP contribution in [0.1, 0.15) is 36.9 Å². The Hall–Kier alpha value is -2.18. The van der Waals surface area contributed by atoms with Gasteiger partial charge in [-0.05, 0) is 31.9 Å². The molecule has 1 aliphatic carbocycles. The first-order valence-corrected chi connectivity index (χ1v) is 9.64. The molecule has 144 valence electrons. The number of benzene rings is 1. The first-order chi connectivity index (χ1) is 13.0. The van der Waals surface area contributed by atoms with Crippen LogP contribution in [0.25, 0.3) is 11.4 Å². The Kier molecular flexibility index (Phi) is 6.29. The van der Waals surface area contributed by atoms with Gasteiger partial charge in [-0.15, -0.1) is 0 Å². The molecule has 0 aliphatic heterocycles. The van der Waals surface area contributed by atoms with Crippen molar-refractivity contribution in [3.63, 3.8) is 0 Å². The van der Waals surface area contributed by atoms with Gasteiger partial charge in [-0.1, -0.05) is 36.6 Å². The number of nitrogens with zero attached hydrogens (tertiary/aromatic N) is 2. The molecule has 1 aromatic carbocycles. The number of rotatable bonds is 6. The Bertz CT molecular complexity index is 889. The summed E-state index contributed by atoms with van der Waals surface area (Å²) < 4.78 is 1.38. The fraction of sp³-hybridized carbons (Fsp3) is 0.450. The summed E-state index contributed by atoms with van der Waals surface area (Å²) in [4.78, 5) is 30.1. The van der Waals surface area contributed by atoms with E-state index in [0.717, 1.165) is 25.7 Å². The van der Waals surface area contributed by atoms with E-state index in [0.29, 0.717) is 27.7 Å². The molecular formula is C20H24ClN3O3. The van der Waals surface area contributed by atoms with Crippen molar-refractivity contribution in [2.24, 2.45) is 0 Å². The number of halogens is 1. The topological polar surface area (TPSA) is 84.2 Å². The Labute approximate surface area is 163 Å². The van der Waals surface area contributed by atoms with Gasteiger partial charge >= 0.3 is 0 Å². The van der Waals surface area contributed by atoms with E-state index in [4.69, 9.17) is 11.6 Å². The van der Waals surface area contributed by atoms with Crippen LogP contribution in [0, 0.1) is 6.92 Å². The van der Waals surface area contributed by atoms with Gasteiger partial charge in [0.15, 0.2) is 0 Å². The largest absolute Gasteiger partial charge is 0.396 e. The molecule has 27 heavy (non-hydrogen) atoms. The van der Waals surface area contributed by atoms with E-state index in [1.54, 1.807) is 25.1 Å². The second-order valence-corrected chi connectivity index (χ2v) is 7.36. The smallest absolute Gasteiger partial charge is 0.257 e. The van der Waals surface area contributed by atoms with Gasteiger partial charge in [-0.25, -0.2) is 4.98 Å². The maximum Gasteiger partial charge on any atom is 0.257 e. The fourth-order valence-electron chi connectivity index (χ4n) is 3.58. The zero-order chi connectivity index (χ0) is 19.4. The molecule has 0 radical (unpaired) electrons. The van der Waals surface area contributed by atoms with Crippen LogP contribution in [0.15, 0.2) is 29.1 Å². The highest BCUT2D eigenvalue weighted by molar-refractivity contribution is 6.30. The predicted molar refractivity (Wildman–Crippen MR) is 105 cm³/mol. The summed E-state index contributed by atoms with van der Waals surface area (Å²) in [6.45, 7) is 1.48. The molecule has 2 N–H and O–H groups in total. The molecular weight excluding hydrogens is 366 g/mol. The number of carbonyl (C=O) groups excluding carboxylic acids is 1. The molecule has 0 unspecified atom stereocenters. The van der Waals surface area contributed by atoms with Crippen LogP contribution in [0.3, 0.4) is 0 Å². The van der Waals surface area contributed by atoms with Crippen molar-refractivity contribution in [1.82, 2.24) is 14.9 Å². The minimum absolute atomic E-state index is 0.108. The summed E-state index contributed by atoms with van der Waals surface area (Å²) in [7, 11) is 0. The van der Waals surface area contributed by atoms with E-state index in [2.05, 4.69) is 10.3 Å². The summed E-state index contributed by atoms with van der Waals surface area (Å²) in [6, 6.07) is 7.24. The van der Waals surface area contributed by atoms with E-state index in [9.17, 15) is 14.7 Å². The zero-order valence-corrected chi connectivity index (χ0v) is 16.1. The van der Waals surface area contributed by atoms with Crippen LogP contribution >= 0.6 is 11.6 Å².